The van der Waals surface area contributed by atoms with E-state index in [2.05, 4.69) is 27.5 Å². The number of nitrogens with one attached hydrogen (secondary N) is 1. The van der Waals surface area contributed by atoms with Crippen LogP contribution in [0.4, 0.5) is 5.69 Å². The Labute approximate surface area is 158 Å². The SMILES string of the molecule is CN1CCC(Oc2ccc(NC(=O)CCn3cnnc3)cc2)CC1.O=CO. The van der Waals surface area contributed by atoms with E-state index in [9.17, 15) is 4.79 Å². The maximum absolute atomic E-state index is 11.9. The lowest BCUT2D eigenvalue weighted by Crippen LogP contribution is -2.35. The van der Waals surface area contributed by atoms with E-state index in [0.29, 0.717) is 13.0 Å². The molecule has 0 spiro atoms. The minimum Gasteiger partial charge on any atom is -0.490 e. The summed E-state index contributed by atoms with van der Waals surface area (Å²) >= 11 is 0. The van der Waals surface area contributed by atoms with Crippen molar-refractivity contribution in [3.05, 3.63) is 36.9 Å². The van der Waals surface area contributed by atoms with Crippen LogP contribution in [0.2, 0.25) is 0 Å². The summed E-state index contributed by atoms with van der Waals surface area (Å²) < 4.78 is 7.78. The highest BCUT2D eigenvalue weighted by molar-refractivity contribution is 5.90. The minimum atomic E-state index is -0.250. The summed E-state index contributed by atoms with van der Waals surface area (Å²) in [6, 6.07) is 7.57. The van der Waals surface area contributed by atoms with E-state index in [1.54, 1.807) is 17.2 Å². The van der Waals surface area contributed by atoms with Crippen LogP contribution in [0.25, 0.3) is 0 Å². The Kier molecular flexibility index (Phi) is 8.24. The molecule has 2 aromatic rings. The molecular weight excluding hydrogens is 350 g/mol. The highest BCUT2D eigenvalue weighted by atomic mass is 16.5. The second-order valence-corrected chi connectivity index (χ2v) is 6.25. The molecule has 1 saturated heterocycles. The van der Waals surface area contributed by atoms with Crippen LogP contribution in [0, 0.1) is 0 Å². The molecule has 2 N–H and O–H groups in total. The number of hydrogen-bond acceptors (Lipinski definition) is 6. The topological polar surface area (TPSA) is 110 Å². The molecule has 0 atom stereocenters. The molecule has 1 fully saturated rings. The highest BCUT2D eigenvalue weighted by Gasteiger charge is 2.17. The maximum Gasteiger partial charge on any atom is 0.290 e. The fourth-order valence-electron chi connectivity index (χ4n) is 2.70. The Morgan fingerprint density at radius 2 is 1.85 bits per heavy atom. The van der Waals surface area contributed by atoms with Crippen LogP contribution in [0.3, 0.4) is 0 Å². The second-order valence-electron chi connectivity index (χ2n) is 6.25. The Hall–Kier alpha value is -2.94. The molecule has 0 saturated carbocycles. The Bertz CT molecular complexity index is 682. The van der Waals surface area contributed by atoms with E-state index in [0.717, 1.165) is 37.4 Å². The van der Waals surface area contributed by atoms with Gasteiger partial charge in [-0.2, -0.15) is 0 Å². The van der Waals surface area contributed by atoms with Crippen LogP contribution in [0.5, 0.6) is 5.75 Å². The van der Waals surface area contributed by atoms with Crippen LogP contribution in [-0.2, 0) is 16.1 Å². The van der Waals surface area contributed by atoms with Crippen LogP contribution in [-0.4, -0.2) is 63.4 Å². The van der Waals surface area contributed by atoms with Crippen LogP contribution < -0.4 is 10.1 Å². The number of anilines is 1. The van der Waals surface area contributed by atoms with Crippen LogP contribution >= 0.6 is 0 Å². The number of carbonyl (C=O) groups excluding carboxylic acids is 1. The second kappa shape index (κ2) is 10.9. The van der Waals surface area contributed by atoms with Gasteiger partial charge in [-0.25, -0.2) is 0 Å². The molecule has 2 heterocycles. The zero-order chi connectivity index (χ0) is 19.5. The average Bonchev–Trinajstić information content (AvgIpc) is 3.18. The fourth-order valence-corrected chi connectivity index (χ4v) is 2.70. The molecule has 0 radical (unpaired) electrons. The molecule has 27 heavy (non-hydrogen) atoms. The number of ether oxygens (including phenoxy) is 1. The van der Waals surface area contributed by atoms with Gasteiger partial charge < -0.3 is 24.6 Å². The third-order valence-corrected chi connectivity index (χ3v) is 4.17. The molecule has 1 aromatic heterocycles. The number of likely N-dealkylation sites (tertiary alicyclic amines) is 1. The predicted octanol–water partition coefficient (Wildman–Crippen LogP) is 1.48. The van der Waals surface area contributed by atoms with Gasteiger partial charge in [0, 0.05) is 31.7 Å². The predicted molar refractivity (Wildman–Crippen MR) is 99.6 cm³/mol. The first-order chi connectivity index (χ1) is 13.1. The van der Waals surface area contributed by atoms with Crippen LogP contribution in [0.15, 0.2) is 36.9 Å². The zero-order valence-corrected chi connectivity index (χ0v) is 15.3. The lowest BCUT2D eigenvalue weighted by atomic mass is 10.1. The van der Waals surface area contributed by atoms with Crippen molar-refractivity contribution in [2.24, 2.45) is 0 Å². The Morgan fingerprint density at radius 3 is 2.44 bits per heavy atom. The number of hydrogen-bond donors (Lipinski definition) is 2. The highest BCUT2D eigenvalue weighted by Crippen LogP contribution is 2.20. The first-order valence-electron chi connectivity index (χ1n) is 8.76. The van der Waals surface area contributed by atoms with Gasteiger partial charge >= 0.3 is 0 Å². The van der Waals surface area contributed by atoms with Gasteiger partial charge in [0.05, 0.1) is 0 Å². The summed E-state index contributed by atoms with van der Waals surface area (Å²) in [5.41, 5.74) is 0.777. The van der Waals surface area contributed by atoms with Gasteiger partial charge in [0.15, 0.2) is 0 Å². The summed E-state index contributed by atoms with van der Waals surface area (Å²) in [7, 11) is 2.14. The molecule has 1 aliphatic rings. The number of carbonyl (C=O) groups is 2. The number of nitrogens with zero attached hydrogens (tertiary/aromatic N) is 4. The molecular formula is C18H25N5O4. The van der Waals surface area contributed by atoms with Crippen molar-refractivity contribution >= 4 is 18.1 Å². The number of carboxylic acid groups (broad SMARTS) is 1. The third kappa shape index (κ3) is 7.45. The van der Waals surface area contributed by atoms with Crippen molar-refractivity contribution in [2.45, 2.75) is 31.9 Å². The standard InChI is InChI=1S/C17H23N5O2.CH2O2/c1-21-9-6-16(7-10-21)24-15-4-2-14(3-5-15)20-17(23)8-11-22-12-18-19-13-22;2-1-3/h2-5,12-13,16H,6-11H2,1H3,(H,20,23);1H,(H,2,3). The van der Waals surface area contributed by atoms with Crippen LogP contribution in [0.1, 0.15) is 19.3 Å². The molecule has 1 amide bonds. The molecule has 1 aliphatic heterocycles. The third-order valence-electron chi connectivity index (χ3n) is 4.17. The maximum atomic E-state index is 11.9. The molecule has 0 aliphatic carbocycles. The number of aromatic nitrogens is 3. The minimum absolute atomic E-state index is 0.0345. The number of aryl methyl sites for hydroxylation is 1. The van der Waals surface area contributed by atoms with Crippen molar-refractivity contribution in [1.29, 1.82) is 0 Å². The lowest BCUT2D eigenvalue weighted by Gasteiger charge is -2.29. The van der Waals surface area contributed by atoms with Crippen molar-refractivity contribution in [3.63, 3.8) is 0 Å². The monoisotopic (exact) mass is 375 g/mol. The largest absolute Gasteiger partial charge is 0.490 e. The van der Waals surface area contributed by atoms with Gasteiger partial charge in [0.25, 0.3) is 6.47 Å². The smallest absolute Gasteiger partial charge is 0.290 e. The van der Waals surface area contributed by atoms with Gasteiger partial charge in [-0.15, -0.1) is 10.2 Å². The van der Waals surface area contributed by atoms with Crippen molar-refractivity contribution < 1.29 is 19.4 Å². The molecule has 0 bridgehead atoms. The number of benzene rings is 1. The quantitative estimate of drug-likeness (QED) is 0.736. The molecule has 0 unspecified atom stereocenters. The van der Waals surface area contributed by atoms with E-state index in [-0.39, 0.29) is 18.5 Å². The van der Waals surface area contributed by atoms with E-state index in [1.807, 2.05) is 24.3 Å². The molecule has 9 heteroatoms. The number of piperidine rings is 1. The molecule has 3 rings (SSSR count). The van der Waals surface area contributed by atoms with Gasteiger partial charge in [-0.1, -0.05) is 0 Å². The zero-order valence-electron chi connectivity index (χ0n) is 15.3. The summed E-state index contributed by atoms with van der Waals surface area (Å²) in [6.45, 7) is 2.46. The van der Waals surface area contributed by atoms with E-state index in [4.69, 9.17) is 14.6 Å². The fraction of sp³-hybridized carbons (Fsp3) is 0.444. The van der Waals surface area contributed by atoms with Gasteiger partial charge in [-0.3, -0.25) is 9.59 Å². The Balaban J connectivity index is 0.000000817. The van der Waals surface area contributed by atoms with Crippen molar-refractivity contribution in [3.8, 4) is 5.75 Å². The molecule has 9 nitrogen and oxygen atoms in total. The number of rotatable bonds is 6. The van der Waals surface area contributed by atoms with Gasteiger partial charge in [0.2, 0.25) is 5.91 Å². The van der Waals surface area contributed by atoms with Crippen molar-refractivity contribution in [2.75, 3.05) is 25.5 Å². The Morgan fingerprint density at radius 1 is 1.26 bits per heavy atom. The van der Waals surface area contributed by atoms with E-state index in [1.165, 1.54) is 0 Å². The normalized spacial score (nSPS) is 14.7. The summed E-state index contributed by atoms with van der Waals surface area (Å²) in [6.07, 6.45) is 5.97. The first-order valence-corrected chi connectivity index (χ1v) is 8.76. The van der Waals surface area contributed by atoms with Crippen molar-refractivity contribution in [1.82, 2.24) is 19.7 Å². The number of amides is 1. The summed E-state index contributed by atoms with van der Waals surface area (Å²) in [4.78, 5) is 22.6. The lowest BCUT2D eigenvalue weighted by molar-refractivity contribution is -0.123. The van der Waals surface area contributed by atoms with E-state index < -0.39 is 0 Å². The first kappa shape index (κ1) is 20.4. The van der Waals surface area contributed by atoms with E-state index >= 15 is 0 Å². The average molecular weight is 375 g/mol. The van der Waals surface area contributed by atoms with Gasteiger partial charge in [0.1, 0.15) is 24.5 Å². The summed E-state index contributed by atoms with van der Waals surface area (Å²) in [5.74, 6) is 0.819. The molecule has 1 aromatic carbocycles. The van der Waals surface area contributed by atoms with Gasteiger partial charge in [-0.05, 0) is 44.2 Å². The molecule has 146 valence electrons. The summed E-state index contributed by atoms with van der Waals surface area (Å²) in [5, 5.41) is 17.2.